The first-order valence-corrected chi connectivity index (χ1v) is 11.5. The molecule has 0 aliphatic heterocycles. The lowest BCUT2D eigenvalue weighted by Crippen LogP contribution is -2.40. The number of benzene rings is 2. The molecule has 8 nitrogen and oxygen atoms in total. The predicted octanol–water partition coefficient (Wildman–Crippen LogP) is 2.43. The quantitative estimate of drug-likeness (QED) is 0.426. The van der Waals surface area contributed by atoms with Crippen LogP contribution in [0.2, 0.25) is 0 Å². The van der Waals surface area contributed by atoms with Gasteiger partial charge < -0.3 is 9.94 Å². The molecule has 2 atom stereocenters. The molecule has 31 heavy (non-hydrogen) atoms. The van der Waals surface area contributed by atoms with Crippen LogP contribution >= 0.6 is 0 Å². The van der Waals surface area contributed by atoms with Crippen molar-refractivity contribution in [2.75, 3.05) is 6.54 Å². The summed E-state index contributed by atoms with van der Waals surface area (Å²) in [7, 11) is -3.66. The molecule has 0 bridgehead atoms. The van der Waals surface area contributed by atoms with E-state index in [0.29, 0.717) is 6.42 Å². The molecule has 0 saturated heterocycles. The van der Waals surface area contributed by atoms with Crippen LogP contribution in [-0.4, -0.2) is 38.0 Å². The Hall–Kier alpha value is -2.75. The van der Waals surface area contributed by atoms with E-state index in [1.807, 2.05) is 37.3 Å². The SMILES string of the molecule is Cc1ccc(S(=O)(=O)NCCC(C)C(=O)ON[C@@H](CCc2ccccc2)C(=O)O)cc1. The number of sulfonamides is 1. The molecule has 0 aliphatic carbocycles. The summed E-state index contributed by atoms with van der Waals surface area (Å²) in [5.41, 5.74) is 4.25. The van der Waals surface area contributed by atoms with Crippen molar-refractivity contribution in [1.29, 1.82) is 0 Å². The summed E-state index contributed by atoms with van der Waals surface area (Å²) in [6.45, 7) is 3.49. The van der Waals surface area contributed by atoms with Gasteiger partial charge in [-0.15, -0.1) is 5.48 Å². The average Bonchev–Trinajstić information content (AvgIpc) is 2.74. The summed E-state index contributed by atoms with van der Waals surface area (Å²) < 4.78 is 27.0. The third kappa shape index (κ3) is 8.12. The Kier molecular flexibility index (Phi) is 9.17. The smallest absolute Gasteiger partial charge is 0.327 e. The van der Waals surface area contributed by atoms with Gasteiger partial charge in [-0.1, -0.05) is 55.0 Å². The van der Waals surface area contributed by atoms with Gasteiger partial charge in [-0.25, -0.2) is 13.1 Å². The third-order valence-electron chi connectivity index (χ3n) is 4.77. The van der Waals surface area contributed by atoms with E-state index in [4.69, 9.17) is 4.84 Å². The average molecular weight is 449 g/mol. The van der Waals surface area contributed by atoms with E-state index >= 15 is 0 Å². The number of hydroxylamine groups is 1. The number of hydrogen-bond donors (Lipinski definition) is 3. The van der Waals surface area contributed by atoms with Crippen LogP contribution in [0, 0.1) is 12.8 Å². The highest BCUT2D eigenvalue weighted by Crippen LogP contribution is 2.11. The second-order valence-corrected chi connectivity index (χ2v) is 9.12. The van der Waals surface area contributed by atoms with Gasteiger partial charge in [0.05, 0.1) is 10.8 Å². The van der Waals surface area contributed by atoms with E-state index in [2.05, 4.69) is 10.2 Å². The van der Waals surface area contributed by atoms with Gasteiger partial charge in [0.15, 0.2) is 0 Å². The van der Waals surface area contributed by atoms with Gasteiger partial charge in [0.25, 0.3) is 0 Å². The van der Waals surface area contributed by atoms with Crippen LogP contribution in [0.15, 0.2) is 59.5 Å². The fourth-order valence-corrected chi connectivity index (χ4v) is 3.79. The maximum absolute atomic E-state index is 12.3. The van der Waals surface area contributed by atoms with E-state index in [1.165, 1.54) is 12.1 Å². The van der Waals surface area contributed by atoms with Gasteiger partial charge in [0.1, 0.15) is 6.04 Å². The zero-order chi connectivity index (χ0) is 22.9. The van der Waals surface area contributed by atoms with Crippen molar-refractivity contribution in [1.82, 2.24) is 10.2 Å². The molecule has 0 heterocycles. The predicted molar refractivity (Wildman–Crippen MR) is 116 cm³/mol. The summed E-state index contributed by atoms with van der Waals surface area (Å²) >= 11 is 0. The Bertz CT molecular complexity index is 961. The molecule has 0 saturated carbocycles. The number of carboxylic acid groups (broad SMARTS) is 1. The van der Waals surface area contributed by atoms with Gasteiger partial charge in [-0.3, -0.25) is 9.59 Å². The first-order valence-electron chi connectivity index (χ1n) is 9.98. The second-order valence-electron chi connectivity index (χ2n) is 7.35. The fourth-order valence-electron chi connectivity index (χ4n) is 2.75. The molecule has 0 spiro atoms. The second kappa shape index (κ2) is 11.6. The van der Waals surface area contributed by atoms with Crippen molar-refractivity contribution in [3.05, 3.63) is 65.7 Å². The summed E-state index contributed by atoms with van der Waals surface area (Å²) in [5.74, 6) is -2.40. The first kappa shape index (κ1) is 24.5. The Labute approximate surface area is 182 Å². The van der Waals surface area contributed by atoms with Crippen LogP contribution in [0.4, 0.5) is 0 Å². The summed E-state index contributed by atoms with van der Waals surface area (Å²) in [6, 6.07) is 14.8. The van der Waals surface area contributed by atoms with Crippen LogP contribution < -0.4 is 10.2 Å². The van der Waals surface area contributed by atoms with Crippen molar-refractivity contribution < 1.29 is 28.0 Å². The van der Waals surface area contributed by atoms with E-state index < -0.39 is 33.9 Å². The summed E-state index contributed by atoms with van der Waals surface area (Å²) in [4.78, 5) is 28.7. The molecule has 0 radical (unpaired) electrons. The van der Waals surface area contributed by atoms with Crippen molar-refractivity contribution >= 4 is 22.0 Å². The van der Waals surface area contributed by atoms with E-state index in [1.54, 1.807) is 19.1 Å². The molecule has 9 heteroatoms. The minimum absolute atomic E-state index is 0.0445. The minimum Gasteiger partial charge on any atom is -0.480 e. The Morgan fingerprint density at radius 1 is 1.03 bits per heavy atom. The Morgan fingerprint density at radius 2 is 1.68 bits per heavy atom. The molecule has 0 aromatic heterocycles. The van der Waals surface area contributed by atoms with E-state index in [9.17, 15) is 23.1 Å². The first-order chi connectivity index (χ1) is 14.7. The Morgan fingerprint density at radius 3 is 2.29 bits per heavy atom. The highest BCUT2D eigenvalue weighted by molar-refractivity contribution is 7.89. The Balaban J connectivity index is 1.77. The number of aryl methyl sites for hydroxylation is 2. The van der Waals surface area contributed by atoms with Crippen molar-refractivity contribution in [3.8, 4) is 0 Å². The van der Waals surface area contributed by atoms with E-state index in [-0.39, 0.29) is 24.3 Å². The highest BCUT2D eigenvalue weighted by atomic mass is 32.2. The number of carboxylic acids is 1. The topological polar surface area (TPSA) is 122 Å². The van der Waals surface area contributed by atoms with Crippen molar-refractivity contribution in [2.45, 2.75) is 44.0 Å². The van der Waals surface area contributed by atoms with Gasteiger partial charge in [-0.05, 0) is 43.9 Å². The maximum atomic E-state index is 12.3. The van der Waals surface area contributed by atoms with Gasteiger partial charge >= 0.3 is 11.9 Å². The van der Waals surface area contributed by atoms with Crippen LogP contribution in [0.3, 0.4) is 0 Å². The number of rotatable bonds is 12. The molecule has 0 amide bonds. The third-order valence-corrected chi connectivity index (χ3v) is 6.24. The maximum Gasteiger partial charge on any atom is 0.327 e. The van der Waals surface area contributed by atoms with E-state index in [0.717, 1.165) is 11.1 Å². The molecular formula is C22H28N2O6S. The zero-order valence-electron chi connectivity index (χ0n) is 17.6. The number of hydrogen-bond acceptors (Lipinski definition) is 6. The lowest BCUT2D eigenvalue weighted by atomic mass is 10.1. The van der Waals surface area contributed by atoms with Crippen LogP contribution in [0.1, 0.15) is 30.9 Å². The standard InChI is InChI=1S/C22H28N2O6S/c1-16-8-11-19(12-9-16)31(28,29)23-15-14-17(2)22(27)30-24-20(21(25)26)13-10-18-6-4-3-5-7-18/h3-9,11-12,17,20,23-24H,10,13-15H2,1-2H3,(H,25,26)/t17?,20-/m0/s1. The van der Waals surface area contributed by atoms with Gasteiger partial charge in [0, 0.05) is 6.54 Å². The lowest BCUT2D eigenvalue weighted by molar-refractivity contribution is -0.161. The number of carbonyl (C=O) groups is 2. The van der Waals surface area contributed by atoms with Gasteiger partial charge in [-0.2, -0.15) is 0 Å². The number of carbonyl (C=O) groups excluding carboxylic acids is 1. The van der Waals surface area contributed by atoms with Crippen LogP contribution in [-0.2, 0) is 30.9 Å². The zero-order valence-corrected chi connectivity index (χ0v) is 18.4. The summed E-state index contributed by atoms with van der Waals surface area (Å²) in [6.07, 6.45) is 0.962. The lowest BCUT2D eigenvalue weighted by Gasteiger charge is -2.16. The monoisotopic (exact) mass is 448 g/mol. The number of nitrogens with one attached hydrogen (secondary N) is 2. The molecule has 1 unspecified atom stereocenters. The molecule has 168 valence electrons. The molecule has 2 rings (SSSR count). The molecule has 0 aliphatic rings. The molecule has 2 aromatic rings. The van der Waals surface area contributed by atoms with Crippen LogP contribution in [0.25, 0.3) is 0 Å². The molecular weight excluding hydrogens is 420 g/mol. The fraction of sp³-hybridized carbons (Fsp3) is 0.364. The normalized spacial score (nSPS) is 13.4. The van der Waals surface area contributed by atoms with Crippen molar-refractivity contribution in [3.63, 3.8) is 0 Å². The summed E-state index contributed by atoms with van der Waals surface area (Å²) in [5, 5.41) is 9.33. The largest absolute Gasteiger partial charge is 0.480 e. The highest BCUT2D eigenvalue weighted by Gasteiger charge is 2.22. The molecule has 3 N–H and O–H groups in total. The van der Waals surface area contributed by atoms with Crippen LogP contribution in [0.5, 0.6) is 0 Å². The van der Waals surface area contributed by atoms with Gasteiger partial charge in [0.2, 0.25) is 10.0 Å². The minimum atomic E-state index is -3.66. The molecule has 2 aromatic carbocycles. The van der Waals surface area contributed by atoms with Crippen molar-refractivity contribution in [2.24, 2.45) is 5.92 Å². The number of aliphatic carboxylic acids is 1. The molecule has 0 fully saturated rings.